The van der Waals surface area contributed by atoms with Gasteiger partial charge in [-0.1, -0.05) is 0 Å². The van der Waals surface area contributed by atoms with Gasteiger partial charge in [-0.05, 0) is 41.6 Å². The molecule has 1 aromatic heterocycles. The predicted octanol–water partition coefficient (Wildman–Crippen LogP) is 2.04. The maximum atomic E-state index is 8.75. The molecular formula is C10H13BrN2O. The molecule has 0 radical (unpaired) electrons. The van der Waals surface area contributed by atoms with Crippen molar-refractivity contribution in [2.45, 2.75) is 31.6 Å². The second-order valence-electron chi connectivity index (χ2n) is 3.62. The Kier molecular flexibility index (Phi) is 3.13. The van der Waals surface area contributed by atoms with E-state index in [1.54, 1.807) is 0 Å². The van der Waals surface area contributed by atoms with Gasteiger partial charge in [-0.3, -0.25) is 0 Å². The van der Waals surface area contributed by atoms with Gasteiger partial charge in [0.1, 0.15) is 5.82 Å². The van der Waals surface area contributed by atoms with E-state index in [9.17, 15) is 0 Å². The first-order chi connectivity index (χ1) is 6.81. The molecule has 14 heavy (non-hydrogen) atoms. The first kappa shape index (κ1) is 10.1. The van der Waals surface area contributed by atoms with Gasteiger partial charge in [0.15, 0.2) is 0 Å². The van der Waals surface area contributed by atoms with Gasteiger partial charge in [-0.2, -0.15) is 0 Å². The highest BCUT2D eigenvalue weighted by Crippen LogP contribution is 2.38. The second kappa shape index (κ2) is 4.36. The molecule has 1 fully saturated rings. The van der Waals surface area contributed by atoms with Gasteiger partial charge in [-0.15, -0.1) is 0 Å². The van der Waals surface area contributed by atoms with Gasteiger partial charge in [0.05, 0.1) is 10.2 Å². The molecule has 1 N–H and O–H groups in total. The average molecular weight is 257 g/mol. The van der Waals surface area contributed by atoms with E-state index in [2.05, 4.69) is 25.9 Å². The van der Waals surface area contributed by atoms with Crippen LogP contribution < -0.4 is 0 Å². The fourth-order valence-corrected chi connectivity index (χ4v) is 1.77. The van der Waals surface area contributed by atoms with Crippen LogP contribution in [0.25, 0.3) is 0 Å². The maximum Gasteiger partial charge on any atom is 0.131 e. The Morgan fingerprint density at radius 3 is 2.93 bits per heavy atom. The number of aromatic nitrogens is 2. The quantitative estimate of drug-likeness (QED) is 0.897. The summed E-state index contributed by atoms with van der Waals surface area (Å²) in [5, 5.41) is 8.75. The van der Waals surface area contributed by atoms with Gasteiger partial charge >= 0.3 is 0 Å². The van der Waals surface area contributed by atoms with E-state index in [4.69, 9.17) is 5.11 Å². The Bertz CT molecular complexity index is 326. The molecule has 0 amide bonds. The molecule has 1 heterocycles. The summed E-state index contributed by atoms with van der Waals surface area (Å²) < 4.78 is 0.954. The van der Waals surface area contributed by atoms with Crippen LogP contribution in [0, 0.1) is 0 Å². The van der Waals surface area contributed by atoms with Crippen molar-refractivity contribution in [2.75, 3.05) is 6.61 Å². The lowest BCUT2D eigenvalue weighted by Gasteiger charge is -2.04. The largest absolute Gasteiger partial charge is 0.396 e. The maximum absolute atomic E-state index is 8.75. The van der Waals surface area contributed by atoms with Gasteiger partial charge in [-0.25, -0.2) is 9.97 Å². The van der Waals surface area contributed by atoms with Crippen molar-refractivity contribution in [3.8, 4) is 0 Å². The highest BCUT2D eigenvalue weighted by molar-refractivity contribution is 9.10. The Morgan fingerprint density at radius 1 is 1.50 bits per heavy atom. The summed E-state index contributed by atoms with van der Waals surface area (Å²) in [7, 11) is 0. The first-order valence-electron chi connectivity index (χ1n) is 4.93. The number of nitrogens with zero attached hydrogens (tertiary/aromatic N) is 2. The molecule has 76 valence electrons. The molecule has 0 bridgehead atoms. The summed E-state index contributed by atoms with van der Waals surface area (Å²) in [5.74, 6) is 1.57. The lowest BCUT2D eigenvalue weighted by atomic mass is 10.2. The lowest BCUT2D eigenvalue weighted by Crippen LogP contribution is -2.00. The van der Waals surface area contributed by atoms with Crippen molar-refractivity contribution in [1.29, 1.82) is 0 Å². The monoisotopic (exact) mass is 256 g/mol. The van der Waals surface area contributed by atoms with Crippen molar-refractivity contribution >= 4 is 15.9 Å². The Labute approximate surface area is 91.7 Å². The van der Waals surface area contributed by atoms with Crippen LogP contribution >= 0.6 is 15.9 Å². The minimum atomic E-state index is 0.217. The molecular weight excluding hydrogens is 244 g/mol. The minimum absolute atomic E-state index is 0.217. The number of hydrogen-bond acceptors (Lipinski definition) is 3. The van der Waals surface area contributed by atoms with Crippen molar-refractivity contribution in [3.05, 3.63) is 22.2 Å². The van der Waals surface area contributed by atoms with E-state index in [-0.39, 0.29) is 6.61 Å². The van der Waals surface area contributed by atoms with Crippen LogP contribution in [0.2, 0.25) is 0 Å². The third-order valence-electron chi connectivity index (χ3n) is 2.35. The van der Waals surface area contributed by atoms with E-state index < -0.39 is 0 Å². The van der Waals surface area contributed by atoms with Gasteiger partial charge in [0.25, 0.3) is 0 Å². The van der Waals surface area contributed by atoms with Crippen LogP contribution in [0.1, 0.15) is 36.7 Å². The summed E-state index contributed by atoms with van der Waals surface area (Å²) >= 11 is 3.42. The van der Waals surface area contributed by atoms with Crippen molar-refractivity contribution in [2.24, 2.45) is 0 Å². The number of hydrogen-bond donors (Lipinski definition) is 1. The molecule has 1 aliphatic carbocycles. The SMILES string of the molecule is OCCCc1nc(C2CC2)ncc1Br. The van der Waals surface area contributed by atoms with Gasteiger partial charge in [0, 0.05) is 18.7 Å². The molecule has 2 rings (SSSR count). The van der Waals surface area contributed by atoms with Crippen molar-refractivity contribution in [1.82, 2.24) is 9.97 Å². The van der Waals surface area contributed by atoms with E-state index in [1.807, 2.05) is 6.20 Å². The summed E-state index contributed by atoms with van der Waals surface area (Å²) in [4.78, 5) is 8.79. The number of aryl methyl sites for hydroxylation is 1. The van der Waals surface area contributed by atoms with Crippen LogP contribution in [0.15, 0.2) is 10.7 Å². The van der Waals surface area contributed by atoms with Gasteiger partial charge in [0.2, 0.25) is 0 Å². The van der Waals surface area contributed by atoms with E-state index in [0.717, 1.165) is 28.8 Å². The molecule has 1 aliphatic rings. The molecule has 4 heteroatoms. The van der Waals surface area contributed by atoms with E-state index in [0.29, 0.717) is 5.92 Å². The number of halogens is 1. The molecule has 0 saturated heterocycles. The zero-order valence-corrected chi connectivity index (χ0v) is 9.50. The number of aliphatic hydroxyl groups is 1. The van der Waals surface area contributed by atoms with Crippen LogP contribution in [-0.4, -0.2) is 21.7 Å². The van der Waals surface area contributed by atoms with E-state index >= 15 is 0 Å². The molecule has 0 aliphatic heterocycles. The minimum Gasteiger partial charge on any atom is -0.396 e. The summed E-state index contributed by atoms with van der Waals surface area (Å²) in [5.41, 5.74) is 1.02. The zero-order chi connectivity index (χ0) is 9.97. The molecule has 0 unspecified atom stereocenters. The number of rotatable bonds is 4. The smallest absolute Gasteiger partial charge is 0.131 e. The Balaban J connectivity index is 2.14. The summed E-state index contributed by atoms with van der Waals surface area (Å²) in [6, 6.07) is 0. The first-order valence-corrected chi connectivity index (χ1v) is 5.72. The lowest BCUT2D eigenvalue weighted by molar-refractivity contribution is 0.288. The summed E-state index contributed by atoms with van der Waals surface area (Å²) in [6.45, 7) is 0.217. The average Bonchev–Trinajstić information content (AvgIpc) is 3.00. The van der Waals surface area contributed by atoms with Gasteiger partial charge < -0.3 is 5.11 Å². The topological polar surface area (TPSA) is 46.0 Å². The third-order valence-corrected chi connectivity index (χ3v) is 3.01. The molecule has 1 aromatic rings. The standard InChI is InChI=1S/C10H13BrN2O/c11-8-6-12-10(7-3-4-7)13-9(8)2-1-5-14/h6-7,14H,1-5H2. The highest BCUT2D eigenvalue weighted by Gasteiger charge is 2.26. The molecule has 0 atom stereocenters. The zero-order valence-electron chi connectivity index (χ0n) is 7.91. The summed E-state index contributed by atoms with van der Waals surface area (Å²) in [6.07, 6.45) is 5.86. The van der Waals surface area contributed by atoms with Crippen molar-refractivity contribution in [3.63, 3.8) is 0 Å². The third kappa shape index (κ3) is 2.30. The van der Waals surface area contributed by atoms with E-state index in [1.165, 1.54) is 12.8 Å². The molecule has 1 saturated carbocycles. The second-order valence-corrected chi connectivity index (χ2v) is 4.48. The van der Waals surface area contributed by atoms with Crippen LogP contribution in [0.4, 0.5) is 0 Å². The Morgan fingerprint density at radius 2 is 2.29 bits per heavy atom. The molecule has 0 aromatic carbocycles. The number of aliphatic hydroxyl groups excluding tert-OH is 1. The van der Waals surface area contributed by atoms with Crippen LogP contribution in [-0.2, 0) is 6.42 Å². The fourth-order valence-electron chi connectivity index (χ4n) is 1.38. The Hall–Kier alpha value is -0.480. The van der Waals surface area contributed by atoms with Crippen LogP contribution in [0.3, 0.4) is 0 Å². The van der Waals surface area contributed by atoms with Crippen LogP contribution in [0.5, 0.6) is 0 Å². The fraction of sp³-hybridized carbons (Fsp3) is 0.600. The molecule has 3 nitrogen and oxygen atoms in total. The normalized spacial score (nSPS) is 15.9. The predicted molar refractivity (Wildman–Crippen MR) is 57.1 cm³/mol. The van der Waals surface area contributed by atoms with Crippen molar-refractivity contribution < 1.29 is 5.11 Å². The highest BCUT2D eigenvalue weighted by atomic mass is 79.9. The molecule has 0 spiro atoms.